The van der Waals surface area contributed by atoms with E-state index in [4.69, 9.17) is 0 Å². The predicted octanol–water partition coefficient (Wildman–Crippen LogP) is 3.47. The maximum absolute atomic E-state index is 13.6. The Morgan fingerprint density at radius 2 is 1.70 bits per heavy atom. The zero-order valence-corrected chi connectivity index (χ0v) is 14.8. The quantitative estimate of drug-likeness (QED) is 0.720. The van der Waals surface area contributed by atoms with Crippen molar-refractivity contribution in [1.29, 1.82) is 0 Å². The van der Waals surface area contributed by atoms with Crippen LogP contribution in [0.15, 0.2) is 36.4 Å². The third-order valence-electron chi connectivity index (χ3n) is 4.00. The number of hydrogen-bond acceptors (Lipinski definition) is 3. The van der Waals surface area contributed by atoms with Crippen molar-refractivity contribution in [1.82, 2.24) is 9.55 Å². The summed E-state index contributed by atoms with van der Waals surface area (Å²) in [6.45, 7) is 3.11. The average molecular weight is 372 g/mol. The number of nitrogens with one attached hydrogen (secondary N) is 2. The van der Waals surface area contributed by atoms with Crippen molar-refractivity contribution < 1.29 is 18.4 Å². The Morgan fingerprint density at radius 1 is 1.07 bits per heavy atom. The number of hydrogen-bond donors (Lipinski definition) is 2. The summed E-state index contributed by atoms with van der Waals surface area (Å²) < 4.78 is 28.8. The molecule has 0 saturated carbocycles. The lowest BCUT2D eigenvalue weighted by Gasteiger charge is -2.13. The SMILES string of the molecule is CCc1nc2ccccc2n1CC(=O)Nc1cc(F)c(F)cc1NC(C)=O. The van der Waals surface area contributed by atoms with Gasteiger partial charge in [0, 0.05) is 25.5 Å². The van der Waals surface area contributed by atoms with E-state index in [1.165, 1.54) is 6.92 Å². The number of amides is 2. The van der Waals surface area contributed by atoms with Gasteiger partial charge >= 0.3 is 0 Å². The second-order valence-corrected chi connectivity index (χ2v) is 6.00. The van der Waals surface area contributed by atoms with Crippen molar-refractivity contribution in [3.05, 3.63) is 53.9 Å². The maximum atomic E-state index is 13.6. The maximum Gasteiger partial charge on any atom is 0.244 e. The number of benzene rings is 2. The van der Waals surface area contributed by atoms with Crippen LogP contribution in [0.4, 0.5) is 20.2 Å². The first kappa shape index (κ1) is 18.5. The highest BCUT2D eigenvalue weighted by molar-refractivity contribution is 5.99. The van der Waals surface area contributed by atoms with Crippen LogP contribution in [0.5, 0.6) is 0 Å². The number of carbonyl (C=O) groups excluding carboxylic acids is 2. The summed E-state index contributed by atoms with van der Waals surface area (Å²) in [5.74, 6) is -2.43. The Hall–Kier alpha value is -3.29. The van der Waals surface area contributed by atoms with Gasteiger partial charge in [-0.05, 0) is 12.1 Å². The molecule has 3 rings (SSSR count). The van der Waals surface area contributed by atoms with E-state index >= 15 is 0 Å². The summed E-state index contributed by atoms with van der Waals surface area (Å²) in [4.78, 5) is 28.3. The average Bonchev–Trinajstić information content (AvgIpc) is 2.96. The number of aryl methyl sites for hydroxylation is 1. The molecule has 3 aromatic rings. The standard InChI is InChI=1S/C19H18F2N4O2/c1-3-18-23-14-6-4-5-7-17(14)25(18)10-19(27)24-16-9-13(21)12(20)8-15(16)22-11(2)26/h4-9H,3,10H2,1-2H3,(H,22,26)(H,24,27). The fraction of sp³-hybridized carbons (Fsp3) is 0.211. The van der Waals surface area contributed by atoms with Crippen molar-refractivity contribution in [2.24, 2.45) is 0 Å². The number of aromatic nitrogens is 2. The molecule has 2 N–H and O–H groups in total. The highest BCUT2D eigenvalue weighted by Gasteiger charge is 2.16. The van der Waals surface area contributed by atoms with Gasteiger partial charge in [0.15, 0.2) is 11.6 Å². The number of para-hydroxylation sites is 2. The summed E-state index contributed by atoms with van der Waals surface area (Å²) in [6, 6.07) is 9.09. The molecule has 0 radical (unpaired) electrons. The van der Waals surface area contributed by atoms with Crippen LogP contribution in [0.2, 0.25) is 0 Å². The lowest BCUT2D eigenvalue weighted by Crippen LogP contribution is -2.21. The van der Waals surface area contributed by atoms with Gasteiger partial charge < -0.3 is 15.2 Å². The van der Waals surface area contributed by atoms with Crippen LogP contribution in [0.25, 0.3) is 11.0 Å². The molecule has 2 amide bonds. The molecule has 0 atom stereocenters. The molecule has 0 aliphatic heterocycles. The van der Waals surface area contributed by atoms with Gasteiger partial charge in [-0.3, -0.25) is 9.59 Å². The monoisotopic (exact) mass is 372 g/mol. The smallest absolute Gasteiger partial charge is 0.244 e. The Kier molecular flexibility index (Phi) is 5.16. The topological polar surface area (TPSA) is 76.0 Å². The van der Waals surface area contributed by atoms with Gasteiger partial charge in [0.1, 0.15) is 12.4 Å². The van der Waals surface area contributed by atoms with Crippen molar-refractivity contribution in [3.8, 4) is 0 Å². The summed E-state index contributed by atoms with van der Waals surface area (Å²) in [6.07, 6.45) is 0.629. The highest BCUT2D eigenvalue weighted by Crippen LogP contribution is 2.25. The van der Waals surface area contributed by atoms with E-state index in [-0.39, 0.29) is 17.9 Å². The molecule has 0 fully saturated rings. The highest BCUT2D eigenvalue weighted by atomic mass is 19.2. The first-order valence-electron chi connectivity index (χ1n) is 8.39. The molecule has 0 unspecified atom stereocenters. The zero-order chi connectivity index (χ0) is 19.6. The predicted molar refractivity (Wildman–Crippen MR) is 98.4 cm³/mol. The third-order valence-corrected chi connectivity index (χ3v) is 4.00. The van der Waals surface area contributed by atoms with Crippen LogP contribution in [-0.4, -0.2) is 21.4 Å². The van der Waals surface area contributed by atoms with Gasteiger partial charge in [-0.15, -0.1) is 0 Å². The summed E-state index contributed by atoms with van der Waals surface area (Å²) in [7, 11) is 0. The Morgan fingerprint density at radius 3 is 2.33 bits per heavy atom. The lowest BCUT2D eigenvalue weighted by atomic mass is 10.2. The molecule has 0 aliphatic carbocycles. The number of rotatable bonds is 5. The van der Waals surface area contributed by atoms with Crippen molar-refractivity contribution in [3.63, 3.8) is 0 Å². The van der Waals surface area contributed by atoms with E-state index < -0.39 is 23.4 Å². The van der Waals surface area contributed by atoms with Gasteiger partial charge in [-0.2, -0.15) is 0 Å². The molecule has 6 nitrogen and oxygen atoms in total. The molecule has 0 saturated heterocycles. The van der Waals surface area contributed by atoms with Crippen molar-refractivity contribution in [2.45, 2.75) is 26.8 Å². The van der Waals surface area contributed by atoms with E-state index in [0.29, 0.717) is 6.42 Å². The number of imidazole rings is 1. The van der Waals surface area contributed by atoms with Gasteiger partial charge in [0.25, 0.3) is 0 Å². The first-order valence-corrected chi connectivity index (χ1v) is 8.39. The number of nitrogens with zero attached hydrogens (tertiary/aromatic N) is 2. The minimum Gasteiger partial charge on any atom is -0.324 e. The van der Waals surface area contributed by atoms with Crippen LogP contribution in [0, 0.1) is 11.6 Å². The van der Waals surface area contributed by atoms with Gasteiger partial charge in [-0.1, -0.05) is 19.1 Å². The zero-order valence-electron chi connectivity index (χ0n) is 14.8. The first-order chi connectivity index (χ1) is 12.9. The molecule has 0 spiro atoms. The van der Waals surface area contributed by atoms with Crippen molar-refractivity contribution >= 4 is 34.2 Å². The Labute approximate surface area is 154 Å². The van der Waals surface area contributed by atoms with Crippen LogP contribution in [-0.2, 0) is 22.6 Å². The van der Waals surface area contributed by atoms with Crippen LogP contribution >= 0.6 is 0 Å². The lowest BCUT2D eigenvalue weighted by molar-refractivity contribution is -0.117. The second-order valence-electron chi connectivity index (χ2n) is 6.00. The van der Waals surface area contributed by atoms with Crippen LogP contribution in [0.1, 0.15) is 19.7 Å². The molecule has 0 aliphatic rings. The molecule has 140 valence electrons. The third kappa shape index (κ3) is 3.94. The van der Waals surface area contributed by atoms with E-state index in [2.05, 4.69) is 15.6 Å². The molecule has 0 bridgehead atoms. The largest absolute Gasteiger partial charge is 0.324 e. The fourth-order valence-electron chi connectivity index (χ4n) is 2.85. The van der Waals surface area contributed by atoms with Gasteiger partial charge in [0.2, 0.25) is 11.8 Å². The second kappa shape index (κ2) is 7.53. The molecule has 2 aromatic carbocycles. The Bertz CT molecular complexity index is 1030. The van der Waals surface area contributed by atoms with E-state index in [0.717, 1.165) is 29.0 Å². The molecule has 1 heterocycles. The molecular formula is C19H18F2N4O2. The van der Waals surface area contributed by atoms with E-state index in [9.17, 15) is 18.4 Å². The number of halogens is 2. The van der Waals surface area contributed by atoms with Gasteiger partial charge in [0.05, 0.1) is 22.4 Å². The van der Waals surface area contributed by atoms with E-state index in [1.54, 1.807) is 4.57 Å². The van der Waals surface area contributed by atoms with Crippen LogP contribution < -0.4 is 10.6 Å². The van der Waals surface area contributed by atoms with Crippen LogP contribution in [0.3, 0.4) is 0 Å². The minimum absolute atomic E-state index is 0.0130. The normalized spacial score (nSPS) is 10.8. The van der Waals surface area contributed by atoms with Crippen molar-refractivity contribution in [2.75, 3.05) is 10.6 Å². The summed E-state index contributed by atoms with van der Waals surface area (Å²) in [5, 5.41) is 4.91. The summed E-state index contributed by atoms with van der Waals surface area (Å²) in [5.41, 5.74) is 1.54. The number of anilines is 2. The molecule has 1 aromatic heterocycles. The fourth-order valence-corrected chi connectivity index (χ4v) is 2.85. The summed E-state index contributed by atoms with van der Waals surface area (Å²) >= 11 is 0. The van der Waals surface area contributed by atoms with E-state index in [1.807, 2.05) is 31.2 Å². The number of carbonyl (C=O) groups is 2. The Balaban J connectivity index is 1.89. The van der Waals surface area contributed by atoms with Gasteiger partial charge in [-0.25, -0.2) is 13.8 Å². The molecule has 27 heavy (non-hydrogen) atoms. The number of fused-ring (bicyclic) bond motifs is 1. The minimum atomic E-state index is -1.12. The molecular weight excluding hydrogens is 354 g/mol. The molecule has 8 heteroatoms.